The van der Waals surface area contributed by atoms with Crippen LogP contribution >= 0.6 is 0 Å². The number of nitrogens with one attached hydrogen (secondary N) is 3. The van der Waals surface area contributed by atoms with Crippen molar-refractivity contribution in [2.45, 2.75) is 97.2 Å². The molecule has 12 heteroatoms. The Kier molecular flexibility index (Phi) is 13.0. The molecule has 45 heavy (non-hydrogen) atoms. The fourth-order valence-electron chi connectivity index (χ4n) is 4.76. The maximum Gasteiger partial charge on any atom is 0.322 e. The summed E-state index contributed by atoms with van der Waals surface area (Å²) < 4.78 is 21.3. The Morgan fingerprint density at radius 2 is 1.87 bits per heavy atom. The van der Waals surface area contributed by atoms with Crippen LogP contribution in [0.15, 0.2) is 36.4 Å². The number of pyridine rings is 1. The minimum atomic E-state index is -1.21. The van der Waals surface area contributed by atoms with Crippen LogP contribution in [0, 0.1) is 11.8 Å². The first-order valence-corrected chi connectivity index (χ1v) is 16.7. The van der Waals surface area contributed by atoms with Gasteiger partial charge in [-0.05, 0) is 77.0 Å². The van der Waals surface area contributed by atoms with Gasteiger partial charge < -0.3 is 19.7 Å². The number of aliphatic carboxylic acids is 1. The van der Waals surface area contributed by atoms with Crippen molar-refractivity contribution in [1.29, 1.82) is 0 Å². The zero-order valence-corrected chi connectivity index (χ0v) is 28.4. The van der Waals surface area contributed by atoms with Gasteiger partial charge in [0, 0.05) is 23.3 Å². The average Bonchev–Trinajstić information content (AvgIpc) is 2.98. The van der Waals surface area contributed by atoms with Gasteiger partial charge in [-0.1, -0.05) is 51.1 Å². The lowest BCUT2D eigenvalue weighted by molar-refractivity contribution is -0.149. The van der Waals surface area contributed by atoms with Crippen molar-refractivity contribution in [2.24, 2.45) is 11.8 Å². The Labute approximate surface area is 269 Å². The number of hydrogen-bond donors (Lipinski definition) is 4. The number of fused-ring (bicyclic) bond motifs is 1. The maximum absolute atomic E-state index is 13.1. The summed E-state index contributed by atoms with van der Waals surface area (Å²) in [7, 11) is 0. The third-order valence-corrected chi connectivity index (χ3v) is 9.20. The molecule has 0 radical (unpaired) electrons. The van der Waals surface area contributed by atoms with Gasteiger partial charge in [0.2, 0.25) is 5.91 Å². The predicted molar refractivity (Wildman–Crippen MR) is 177 cm³/mol. The van der Waals surface area contributed by atoms with Crippen molar-refractivity contribution in [3.8, 4) is 0 Å². The fourth-order valence-corrected chi connectivity index (χ4v) is 5.56. The third-order valence-electron chi connectivity index (χ3n) is 7.52. The van der Waals surface area contributed by atoms with E-state index in [1.54, 1.807) is 6.92 Å². The first kappa shape index (κ1) is 36.4. The van der Waals surface area contributed by atoms with Gasteiger partial charge in [0.15, 0.2) is 0 Å². The molecule has 6 atom stereocenters. The second kappa shape index (κ2) is 16.0. The lowest BCUT2D eigenvalue weighted by Gasteiger charge is -2.34. The van der Waals surface area contributed by atoms with E-state index in [0.717, 1.165) is 22.2 Å². The molecule has 1 aromatic carbocycles. The van der Waals surface area contributed by atoms with E-state index in [4.69, 9.17) is 9.72 Å². The largest absolute Gasteiger partial charge is 0.598 e. The fraction of sp³-hybridized carbons (Fsp3) is 0.576. The smallest absolute Gasteiger partial charge is 0.322 e. The van der Waals surface area contributed by atoms with E-state index in [1.165, 1.54) is 5.01 Å². The van der Waals surface area contributed by atoms with E-state index < -0.39 is 41.4 Å². The summed E-state index contributed by atoms with van der Waals surface area (Å²) in [5.74, 6) is -1.93. The maximum atomic E-state index is 13.1. The van der Waals surface area contributed by atoms with E-state index in [1.807, 2.05) is 91.0 Å². The van der Waals surface area contributed by atoms with Gasteiger partial charge in [-0.15, -0.1) is 4.72 Å². The molecule has 4 unspecified atom stereocenters. The number of rotatable bonds is 13. The highest BCUT2D eigenvalue weighted by Gasteiger charge is 2.32. The molecule has 1 fully saturated rings. The number of hydrazine groups is 1. The lowest BCUT2D eigenvalue weighted by Crippen LogP contribution is -2.60. The van der Waals surface area contributed by atoms with E-state index in [0.29, 0.717) is 26.0 Å². The van der Waals surface area contributed by atoms with Crippen molar-refractivity contribution in [3.63, 3.8) is 0 Å². The highest BCUT2D eigenvalue weighted by molar-refractivity contribution is 7.90. The van der Waals surface area contributed by atoms with Crippen LogP contribution in [-0.4, -0.2) is 73.5 Å². The average molecular weight is 644 g/mol. The quantitative estimate of drug-likeness (QED) is 0.236. The molecular weight excluding hydrogens is 594 g/mol. The van der Waals surface area contributed by atoms with Crippen molar-refractivity contribution in [2.75, 3.05) is 13.2 Å². The summed E-state index contributed by atoms with van der Waals surface area (Å²) in [5.41, 5.74) is 5.36. The van der Waals surface area contributed by atoms with Gasteiger partial charge in [-0.25, -0.2) is 5.43 Å². The molecule has 0 saturated carbocycles. The van der Waals surface area contributed by atoms with E-state index in [2.05, 4.69) is 15.5 Å². The number of ether oxygens (including phenoxy) is 1. The summed E-state index contributed by atoms with van der Waals surface area (Å²) in [5, 5.41) is 14.3. The normalized spacial score (nSPS) is 19.3. The molecule has 3 rings (SSSR count). The van der Waals surface area contributed by atoms with E-state index in [-0.39, 0.29) is 28.5 Å². The zero-order chi connectivity index (χ0) is 33.5. The monoisotopic (exact) mass is 643 g/mol. The number of carboxylic acid groups (broad SMARTS) is 1. The van der Waals surface area contributed by atoms with Crippen LogP contribution in [0.2, 0.25) is 0 Å². The molecule has 1 aliphatic rings. The topological polar surface area (TPSA) is 156 Å². The number of hydrogen-bond acceptors (Lipinski definition) is 8. The first-order chi connectivity index (χ1) is 21.1. The number of carbonyl (C=O) groups is 3. The van der Waals surface area contributed by atoms with Crippen molar-refractivity contribution >= 4 is 46.1 Å². The molecule has 248 valence electrons. The summed E-state index contributed by atoms with van der Waals surface area (Å²) in [4.78, 5) is 42.1. The molecule has 0 spiro atoms. The molecule has 11 nitrogen and oxygen atoms in total. The van der Waals surface area contributed by atoms with Crippen molar-refractivity contribution in [1.82, 2.24) is 25.5 Å². The molecule has 1 aromatic heterocycles. The predicted octanol–water partition coefficient (Wildman–Crippen LogP) is 4.12. The standard InChI is InChI=1S/C33H49N5O6S/c1-20(2)29(30(39)34-23(5)31(40)38-17-9-10-27(36-38)32(41)42)44-19-21(3)11-12-24-13-14-25-15-16-26(35-28(25)18-24)22(4)37-45(43)33(6,7)8/h11-16,18,20-23,27,29,36-37H,9-10,17,19H2,1-8H3,(H,34,39)(H,41,42)/b12-11+/t21?,22?,23?,27-,29?,45+/m0/s1. The minimum Gasteiger partial charge on any atom is -0.598 e. The number of nitrogens with zero attached hydrogens (tertiary/aromatic N) is 2. The Balaban J connectivity index is 1.58. The Bertz CT molecular complexity index is 1360. The number of amides is 2. The molecule has 1 saturated heterocycles. The second-order valence-corrected chi connectivity index (χ2v) is 15.1. The molecular formula is C33H49N5O6S. The van der Waals surface area contributed by atoms with Crippen LogP contribution < -0.4 is 15.5 Å². The van der Waals surface area contributed by atoms with Crippen LogP contribution in [0.3, 0.4) is 0 Å². The Hall–Kier alpha value is -3.03. The van der Waals surface area contributed by atoms with Gasteiger partial charge in [0.25, 0.3) is 5.91 Å². The molecule has 2 heterocycles. The molecule has 1 aliphatic heterocycles. The molecule has 0 aliphatic carbocycles. The highest BCUT2D eigenvalue weighted by atomic mass is 32.2. The summed E-state index contributed by atoms with van der Waals surface area (Å²) in [6.45, 7) is 15.8. The number of carbonyl (C=O) groups excluding carboxylic acids is 2. The van der Waals surface area contributed by atoms with Gasteiger partial charge in [-0.3, -0.25) is 24.4 Å². The number of carboxylic acids is 1. The SMILES string of the molecule is CC(/C=C/c1ccc2ccc(C(C)N[S@+]([O-])C(C)(C)C)nc2c1)COC(C(=O)NC(C)C(=O)N1CCC[C@@H](C(=O)O)N1)C(C)C. The van der Waals surface area contributed by atoms with Crippen molar-refractivity contribution in [3.05, 3.63) is 47.7 Å². The molecule has 2 amide bonds. The van der Waals surface area contributed by atoms with Crippen LogP contribution in [0.4, 0.5) is 0 Å². The summed E-state index contributed by atoms with van der Waals surface area (Å²) in [6.07, 6.45) is 4.26. The lowest BCUT2D eigenvalue weighted by atomic mass is 10.0. The first-order valence-electron chi connectivity index (χ1n) is 15.6. The van der Waals surface area contributed by atoms with E-state index >= 15 is 0 Å². The van der Waals surface area contributed by atoms with Gasteiger partial charge in [0.05, 0.1) is 23.9 Å². The van der Waals surface area contributed by atoms with Crippen LogP contribution in [0.5, 0.6) is 0 Å². The Morgan fingerprint density at radius 3 is 2.51 bits per heavy atom. The second-order valence-electron chi connectivity index (χ2n) is 13.1. The van der Waals surface area contributed by atoms with Crippen LogP contribution in [-0.2, 0) is 30.5 Å². The third kappa shape index (κ3) is 10.5. The van der Waals surface area contributed by atoms with Crippen LogP contribution in [0.25, 0.3) is 17.0 Å². The van der Waals surface area contributed by atoms with Gasteiger partial charge >= 0.3 is 5.97 Å². The summed E-state index contributed by atoms with van der Waals surface area (Å²) in [6, 6.07) is 8.16. The summed E-state index contributed by atoms with van der Waals surface area (Å²) >= 11 is -1.21. The molecule has 4 N–H and O–H groups in total. The minimum absolute atomic E-state index is 0.00445. The number of benzene rings is 1. The highest BCUT2D eigenvalue weighted by Crippen LogP contribution is 2.22. The van der Waals surface area contributed by atoms with E-state index in [9.17, 15) is 24.0 Å². The van der Waals surface area contributed by atoms with Crippen LogP contribution in [0.1, 0.15) is 85.5 Å². The molecule has 0 bridgehead atoms. The molecule has 2 aromatic rings. The van der Waals surface area contributed by atoms with Gasteiger partial charge in [-0.2, -0.15) is 0 Å². The number of aromatic nitrogens is 1. The Morgan fingerprint density at radius 1 is 1.18 bits per heavy atom. The zero-order valence-electron chi connectivity index (χ0n) is 27.6. The van der Waals surface area contributed by atoms with Crippen molar-refractivity contribution < 1.29 is 28.8 Å². The van der Waals surface area contributed by atoms with Gasteiger partial charge in [0.1, 0.15) is 22.9 Å².